The summed E-state index contributed by atoms with van der Waals surface area (Å²) in [5, 5.41) is 10.4. The molecule has 0 aromatic carbocycles. The van der Waals surface area contributed by atoms with Crippen LogP contribution < -0.4 is 10.6 Å². The summed E-state index contributed by atoms with van der Waals surface area (Å²) in [4.78, 5) is 52.4. The molecule has 0 saturated heterocycles. The average Bonchev–Trinajstić information content (AvgIpc) is 4.16. The van der Waals surface area contributed by atoms with Crippen molar-refractivity contribution in [1.29, 1.82) is 0 Å². The van der Waals surface area contributed by atoms with Crippen LogP contribution in [0.4, 0.5) is 19.0 Å². The molecule has 0 spiro atoms. The molecule has 0 radical (unpaired) electrons. The molecule has 0 aliphatic carbocycles. The van der Waals surface area contributed by atoms with E-state index in [4.69, 9.17) is 14.7 Å². The number of halogens is 2. The minimum absolute atomic E-state index is 0.138. The predicted molar refractivity (Wildman–Crippen MR) is 250 cm³/mol. The van der Waals surface area contributed by atoms with Crippen LogP contribution in [0.2, 0.25) is 0 Å². The number of hydrogen-bond acceptors (Lipinski definition) is 11. The lowest BCUT2D eigenvalue weighted by Crippen LogP contribution is -2.22. The maximum atomic E-state index is 13.6. The van der Waals surface area contributed by atoms with Crippen molar-refractivity contribution in [2.45, 2.75) is 71.5 Å². The minimum atomic E-state index is -0.571. The summed E-state index contributed by atoms with van der Waals surface area (Å²) in [6, 6.07) is 13.2. The lowest BCUT2D eigenvalue weighted by molar-refractivity contribution is -0.0310. The molecule has 2 atom stereocenters. The van der Waals surface area contributed by atoms with Crippen molar-refractivity contribution >= 4 is 69.1 Å². The topological polar surface area (TPSA) is 164 Å². The molecule has 15 nitrogen and oxygen atoms in total. The van der Waals surface area contributed by atoms with E-state index in [1.807, 2.05) is 47.6 Å². The van der Waals surface area contributed by atoms with E-state index >= 15 is 0 Å². The van der Waals surface area contributed by atoms with Crippen molar-refractivity contribution < 1.29 is 23.1 Å². The van der Waals surface area contributed by atoms with Gasteiger partial charge in [0.05, 0.1) is 34.8 Å². The van der Waals surface area contributed by atoms with E-state index < -0.39 is 11.9 Å². The molecule has 0 bridgehead atoms. The standard InChI is InChI=1S/C47H44F2N12O3S2/c1-29(2)60-24-33(9-10-34-26-65-46(54-34)56-44(62)37-6-4-18-58(37)22-31-14-16-50-39(48)20-31)53-41(60)25-64-42-13-8-30(3)43-36(52-28-61(42)43)12-11-35-27-66-47(55-35)57-45(63)38-7-5-19-59(38)23-32-15-17-51-40(49)21-32/h4-7,9-12,14-21,24,26-30,42H,8,13,22-23,25H2,1-3H3,(H,54,56,62)(H,55,57,63)/b10-9+,12-11+. The minimum Gasteiger partial charge on any atom is -0.350 e. The van der Waals surface area contributed by atoms with Crippen LogP contribution in [0.5, 0.6) is 0 Å². The van der Waals surface area contributed by atoms with Crippen LogP contribution >= 0.6 is 22.7 Å². The van der Waals surface area contributed by atoms with Crippen LogP contribution in [0.1, 0.15) is 118 Å². The number of carbonyl (C=O) groups excluding carboxylic acids is 2. The molecule has 0 fully saturated rings. The lowest BCUT2D eigenvalue weighted by Gasteiger charge is -2.30. The number of anilines is 2. The second-order valence-electron chi connectivity index (χ2n) is 16.0. The van der Waals surface area contributed by atoms with Gasteiger partial charge in [-0.05, 0) is 117 Å². The van der Waals surface area contributed by atoms with Gasteiger partial charge in [0, 0.05) is 60.9 Å². The quantitative estimate of drug-likeness (QED) is 0.0898. The van der Waals surface area contributed by atoms with Gasteiger partial charge in [-0.2, -0.15) is 8.78 Å². The third-order valence-electron chi connectivity index (χ3n) is 11.0. The molecule has 8 aromatic rings. The Bertz CT molecular complexity index is 3060. The van der Waals surface area contributed by atoms with E-state index in [0.29, 0.717) is 63.9 Å². The van der Waals surface area contributed by atoms with Crippen LogP contribution in [0.3, 0.4) is 0 Å². The zero-order chi connectivity index (χ0) is 45.7. The van der Waals surface area contributed by atoms with Gasteiger partial charge in [-0.15, -0.1) is 22.7 Å². The molecule has 19 heteroatoms. The molecular formula is C47H44F2N12O3S2. The summed E-state index contributed by atoms with van der Waals surface area (Å²) in [5.41, 5.74) is 6.24. The fraction of sp³-hybridized carbons (Fsp3) is 0.234. The Morgan fingerprint density at radius 2 is 1.36 bits per heavy atom. The Balaban J connectivity index is 0.808. The van der Waals surface area contributed by atoms with E-state index in [1.165, 1.54) is 47.2 Å². The Morgan fingerprint density at radius 1 is 0.788 bits per heavy atom. The SMILES string of the molecule is CC1CCC(OCc2nc(/C=C/c3csc(NC(=O)c4cccn4Cc4ccnc(F)c4)n3)cn2C(C)C)n2cnc(/C=C/c3csc(NC(=O)c4cccn4Cc4ccnc(F)c4)n3)c21. The van der Waals surface area contributed by atoms with Crippen molar-refractivity contribution in [3.63, 3.8) is 0 Å². The highest BCUT2D eigenvalue weighted by atomic mass is 32.1. The second-order valence-corrected chi connectivity index (χ2v) is 17.7. The number of aromatic nitrogens is 10. The van der Waals surface area contributed by atoms with E-state index in [2.05, 4.69) is 60.5 Å². The van der Waals surface area contributed by atoms with Gasteiger partial charge in [-0.3, -0.25) is 20.2 Å². The first-order chi connectivity index (χ1) is 32.0. The molecule has 336 valence electrons. The number of pyridine rings is 2. The maximum absolute atomic E-state index is 13.6. The van der Waals surface area contributed by atoms with Crippen LogP contribution in [0.25, 0.3) is 24.3 Å². The summed E-state index contributed by atoms with van der Waals surface area (Å²) in [6.07, 6.45) is 19.3. The Kier molecular flexibility index (Phi) is 13.0. The highest BCUT2D eigenvalue weighted by molar-refractivity contribution is 7.14. The molecule has 2 unspecified atom stereocenters. The van der Waals surface area contributed by atoms with Gasteiger partial charge < -0.3 is 23.0 Å². The summed E-state index contributed by atoms with van der Waals surface area (Å²) in [6.45, 7) is 7.32. The number of ether oxygens (including phenoxy) is 1. The fourth-order valence-corrected chi connectivity index (χ4v) is 9.18. The van der Waals surface area contributed by atoms with Crippen molar-refractivity contribution in [2.24, 2.45) is 0 Å². The summed E-state index contributed by atoms with van der Waals surface area (Å²) in [7, 11) is 0. The number of nitrogens with one attached hydrogen (secondary N) is 2. The van der Waals surface area contributed by atoms with E-state index in [0.717, 1.165) is 35.7 Å². The van der Waals surface area contributed by atoms with E-state index in [9.17, 15) is 18.4 Å². The fourth-order valence-electron chi connectivity index (χ4n) is 7.83. The highest BCUT2D eigenvalue weighted by Gasteiger charge is 2.28. The number of amides is 2. The van der Waals surface area contributed by atoms with Gasteiger partial charge in [-0.1, -0.05) is 6.92 Å². The number of fused-ring (bicyclic) bond motifs is 1. The van der Waals surface area contributed by atoms with Gasteiger partial charge in [0.15, 0.2) is 10.3 Å². The molecule has 8 aromatic heterocycles. The summed E-state index contributed by atoms with van der Waals surface area (Å²) < 4.78 is 41.6. The van der Waals surface area contributed by atoms with Crippen LogP contribution in [-0.4, -0.2) is 60.0 Å². The number of imidazole rings is 2. The zero-order valence-corrected chi connectivity index (χ0v) is 37.7. The molecular weight excluding hydrogens is 883 g/mol. The van der Waals surface area contributed by atoms with E-state index in [1.54, 1.807) is 57.9 Å². The number of hydrogen-bond donors (Lipinski definition) is 2. The molecule has 0 saturated carbocycles. The summed E-state index contributed by atoms with van der Waals surface area (Å²) >= 11 is 2.64. The van der Waals surface area contributed by atoms with Gasteiger partial charge in [0.2, 0.25) is 11.9 Å². The van der Waals surface area contributed by atoms with E-state index in [-0.39, 0.29) is 30.0 Å². The van der Waals surface area contributed by atoms with Crippen LogP contribution in [0.15, 0.2) is 96.6 Å². The number of carbonyl (C=O) groups is 2. The van der Waals surface area contributed by atoms with Gasteiger partial charge in [0.1, 0.15) is 30.0 Å². The third kappa shape index (κ3) is 10.2. The number of thiazole rings is 2. The molecule has 9 heterocycles. The predicted octanol–water partition coefficient (Wildman–Crippen LogP) is 9.80. The van der Waals surface area contributed by atoms with Crippen molar-refractivity contribution in [1.82, 2.24) is 48.2 Å². The maximum Gasteiger partial charge on any atom is 0.274 e. The third-order valence-corrected chi connectivity index (χ3v) is 12.6. The van der Waals surface area contributed by atoms with Crippen molar-refractivity contribution in [2.75, 3.05) is 10.6 Å². The molecule has 1 aliphatic rings. The molecule has 2 N–H and O–H groups in total. The first-order valence-electron chi connectivity index (χ1n) is 21.2. The van der Waals surface area contributed by atoms with Gasteiger partial charge in [0.25, 0.3) is 11.8 Å². The molecule has 66 heavy (non-hydrogen) atoms. The average molecular weight is 927 g/mol. The second kappa shape index (κ2) is 19.5. The largest absolute Gasteiger partial charge is 0.350 e. The normalized spacial score (nSPS) is 15.0. The Labute approximate surface area is 386 Å². The summed E-state index contributed by atoms with van der Waals surface area (Å²) in [5.74, 6) is -0.737. The van der Waals surface area contributed by atoms with Gasteiger partial charge in [-0.25, -0.2) is 29.9 Å². The Morgan fingerprint density at radius 3 is 1.94 bits per heavy atom. The Hall–Kier alpha value is -7.22. The van der Waals surface area contributed by atoms with Gasteiger partial charge >= 0.3 is 0 Å². The number of rotatable bonds is 16. The van der Waals surface area contributed by atoms with Crippen molar-refractivity contribution in [3.05, 3.63) is 165 Å². The lowest BCUT2D eigenvalue weighted by atomic mass is 9.95. The van der Waals surface area contributed by atoms with Crippen LogP contribution in [-0.2, 0) is 24.4 Å². The first-order valence-corrected chi connectivity index (χ1v) is 23.0. The highest BCUT2D eigenvalue weighted by Crippen LogP contribution is 2.37. The smallest absolute Gasteiger partial charge is 0.274 e. The van der Waals surface area contributed by atoms with Crippen LogP contribution in [0, 0.1) is 11.9 Å². The zero-order valence-electron chi connectivity index (χ0n) is 36.1. The first kappa shape index (κ1) is 44.0. The van der Waals surface area contributed by atoms with Crippen molar-refractivity contribution in [3.8, 4) is 0 Å². The monoisotopic (exact) mass is 926 g/mol. The number of nitrogens with zero attached hydrogens (tertiary/aromatic N) is 10. The molecule has 1 aliphatic heterocycles. The molecule has 2 amide bonds. The molecule has 9 rings (SSSR count).